The van der Waals surface area contributed by atoms with Crippen LogP contribution >= 0.6 is 0 Å². The van der Waals surface area contributed by atoms with Gasteiger partial charge in [-0.3, -0.25) is 28.8 Å². The summed E-state index contributed by atoms with van der Waals surface area (Å²) in [6.07, 6.45) is 0.436. The third-order valence-electron chi connectivity index (χ3n) is 6.67. The molecule has 6 atom stereocenters. The molecule has 0 aromatic rings. The highest BCUT2D eigenvalue weighted by atomic mass is 16.4. The molecule has 1 aliphatic heterocycles. The van der Waals surface area contributed by atoms with Crippen LogP contribution in [0, 0.1) is 5.92 Å². The Bertz CT molecular complexity index is 912. The molecule has 0 aromatic heterocycles. The van der Waals surface area contributed by atoms with Crippen LogP contribution < -0.4 is 21.3 Å². The molecule has 0 saturated carbocycles. The Hall–Kier alpha value is -3.55. The van der Waals surface area contributed by atoms with Gasteiger partial charge in [-0.1, -0.05) is 27.2 Å². The van der Waals surface area contributed by atoms with Crippen molar-refractivity contribution in [3.05, 3.63) is 0 Å². The maximum atomic E-state index is 13.7. The minimum atomic E-state index is -1.24. The van der Waals surface area contributed by atoms with Gasteiger partial charge in [-0.15, -0.1) is 0 Å². The van der Waals surface area contributed by atoms with Crippen molar-refractivity contribution in [2.45, 2.75) is 96.4 Å². The standard InChI is InChI=1S/C25H41N5O9/c1-5-14(3)23(27-15(4)32)24(38)29-19(7-8-21(34)35)25(39)30-12-16(28-20(33)6-2)9-18(30)11-26-17(13-31)10-22(36)37/h13-14,16-19,23,26H,5-12H2,1-4H3,(H,27,32)(H,28,33)(H,29,38)(H,34,35)(H,36,37)/t14-,16+,17-,18-,19-,23-/m0/s1. The van der Waals surface area contributed by atoms with Crippen LogP contribution in [0.5, 0.6) is 0 Å². The second kappa shape index (κ2) is 16.4. The molecule has 1 heterocycles. The second-order valence-corrected chi connectivity index (χ2v) is 9.80. The van der Waals surface area contributed by atoms with Crippen molar-refractivity contribution < 1.29 is 43.8 Å². The van der Waals surface area contributed by atoms with Gasteiger partial charge in [-0.05, 0) is 18.8 Å². The first-order chi connectivity index (χ1) is 18.3. The Morgan fingerprint density at radius 2 is 1.72 bits per heavy atom. The lowest BCUT2D eigenvalue weighted by molar-refractivity contribution is -0.141. The van der Waals surface area contributed by atoms with Gasteiger partial charge >= 0.3 is 11.9 Å². The van der Waals surface area contributed by atoms with Gasteiger partial charge < -0.3 is 41.2 Å². The summed E-state index contributed by atoms with van der Waals surface area (Å²) >= 11 is 0. The van der Waals surface area contributed by atoms with Gasteiger partial charge in [0.15, 0.2) is 0 Å². The average Bonchev–Trinajstić information content (AvgIpc) is 3.28. The van der Waals surface area contributed by atoms with Gasteiger partial charge in [0.1, 0.15) is 18.4 Å². The molecule has 1 aliphatic rings. The van der Waals surface area contributed by atoms with Crippen LogP contribution in [-0.2, 0) is 33.6 Å². The Morgan fingerprint density at radius 1 is 1.05 bits per heavy atom. The van der Waals surface area contributed by atoms with Crippen LogP contribution in [0.4, 0.5) is 0 Å². The van der Waals surface area contributed by atoms with Gasteiger partial charge in [-0.25, -0.2) is 0 Å². The number of rotatable bonds is 17. The lowest BCUT2D eigenvalue weighted by Gasteiger charge is -2.31. The molecule has 220 valence electrons. The number of aliphatic carboxylic acids is 2. The van der Waals surface area contributed by atoms with Gasteiger partial charge in [0.2, 0.25) is 23.6 Å². The zero-order valence-corrected chi connectivity index (χ0v) is 22.9. The predicted molar refractivity (Wildman–Crippen MR) is 138 cm³/mol. The lowest BCUT2D eigenvalue weighted by Crippen LogP contribution is -2.57. The summed E-state index contributed by atoms with van der Waals surface area (Å²) in [7, 11) is 0. The fourth-order valence-electron chi connectivity index (χ4n) is 4.37. The predicted octanol–water partition coefficient (Wildman–Crippen LogP) is -0.986. The summed E-state index contributed by atoms with van der Waals surface area (Å²) in [5.74, 6) is -4.51. The summed E-state index contributed by atoms with van der Waals surface area (Å²) in [5.41, 5.74) is 0. The first kappa shape index (κ1) is 33.5. The highest BCUT2D eigenvalue weighted by molar-refractivity contribution is 5.92. The number of carbonyl (C=O) groups excluding carboxylic acids is 5. The van der Waals surface area contributed by atoms with Crippen molar-refractivity contribution in [1.82, 2.24) is 26.2 Å². The minimum Gasteiger partial charge on any atom is -0.481 e. The maximum Gasteiger partial charge on any atom is 0.305 e. The highest BCUT2D eigenvalue weighted by Gasteiger charge is 2.40. The Labute approximate surface area is 227 Å². The lowest BCUT2D eigenvalue weighted by atomic mass is 9.97. The monoisotopic (exact) mass is 555 g/mol. The van der Waals surface area contributed by atoms with E-state index < -0.39 is 72.7 Å². The summed E-state index contributed by atoms with van der Waals surface area (Å²) in [4.78, 5) is 85.6. The van der Waals surface area contributed by atoms with Crippen molar-refractivity contribution in [2.24, 2.45) is 5.92 Å². The quantitative estimate of drug-likeness (QED) is 0.121. The normalized spacial score (nSPS) is 19.7. The van der Waals surface area contributed by atoms with E-state index in [1.807, 2.05) is 6.92 Å². The van der Waals surface area contributed by atoms with Crippen LogP contribution in [-0.4, -0.2) is 100 Å². The van der Waals surface area contributed by atoms with Crippen LogP contribution in [0.25, 0.3) is 0 Å². The smallest absolute Gasteiger partial charge is 0.305 e. The molecule has 0 spiro atoms. The van der Waals surface area contributed by atoms with E-state index in [0.29, 0.717) is 19.1 Å². The molecule has 1 fully saturated rings. The van der Waals surface area contributed by atoms with E-state index in [0.717, 1.165) is 0 Å². The second-order valence-electron chi connectivity index (χ2n) is 9.80. The third-order valence-corrected chi connectivity index (χ3v) is 6.67. The number of hydrogen-bond acceptors (Lipinski definition) is 8. The molecule has 39 heavy (non-hydrogen) atoms. The number of aldehydes is 1. The Morgan fingerprint density at radius 3 is 2.23 bits per heavy atom. The van der Waals surface area contributed by atoms with E-state index in [2.05, 4.69) is 21.3 Å². The van der Waals surface area contributed by atoms with E-state index in [1.54, 1.807) is 13.8 Å². The molecule has 1 rings (SSSR count). The van der Waals surface area contributed by atoms with Crippen molar-refractivity contribution >= 4 is 41.9 Å². The molecule has 1 saturated heterocycles. The zero-order chi connectivity index (χ0) is 29.7. The fraction of sp³-hybridized carbons (Fsp3) is 0.720. The number of nitrogens with one attached hydrogen (secondary N) is 4. The first-order valence-corrected chi connectivity index (χ1v) is 13.1. The Kier molecular flexibility index (Phi) is 14.1. The van der Waals surface area contributed by atoms with Crippen LogP contribution in [0.1, 0.15) is 66.2 Å². The van der Waals surface area contributed by atoms with Gasteiger partial charge in [0.25, 0.3) is 0 Å². The maximum absolute atomic E-state index is 13.7. The molecule has 0 unspecified atom stereocenters. The summed E-state index contributed by atoms with van der Waals surface area (Å²) in [6.45, 7) is 6.64. The fourth-order valence-corrected chi connectivity index (χ4v) is 4.37. The minimum absolute atomic E-state index is 0.0297. The first-order valence-electron chi connectivity index (χ1n) is 13.1. The van der Waals surface area contributed by atoms with Gasteiger partial charge in [0.05, 0.1) is 12.5 Å². The molecule has 0 radical (unpaired) electrons. The Balaban J connectivity index is 3.21. The molecule has 0 aliphatic carbocycles. The molecular weight excluding hydrogens is 514 g/mol. The van der Waals surface area contributed by atoms with Crippen molar-refractivity contribution in [3.8, 4) is 0 Å². The van der Waals surface area contributed by atoms with Gasteiger partial charge in [0, 0.05) is 44.9 Å². The summed E-state index contributed by atoms with van der Waals surface area (Å²) in [6, 6.07) is -4.20. The molecule has 6 N–H and O–H groups in total. The van der Waals surface area contributed by atoms with E-state index in [1.165, 1.54) is 11.8 Å². The van der Waals surface area contributed by atoms with Crippen LogP contribution in [0.15, 0.2) is 0 Å². The number of amides is 4. The summed E-state index contributed by atoms with van der Waals surface area (Å²) < 4.78 is 0. The molecule has 14 nitrogen and oxygen atoms in total. The number of likely N-dealkylation sites (tertiary alicyclic amines) is 1. The largest absolute Gasteiger partial charge is 0.481 e. The summed E-state index contributed by atoms with van der Waals surface area (Å²) in [5, 5.41) is 29.1. The number of nitrogens with zero attached hydrogens (tertiary/aromatic N) is 1. The SMILES string of the molecule is CCC(=O)N[C@@H]1C[C@@H](CN[C@H](C=O)CC(=O)O)N(C(=O)[C@H](CCC(=O)O)NC(=O)[C@@H](NC(C)=O)[C@@H](C)CC)C1. The molecule has 0 aromatic carbocycles. The number of carbonyl (C=O) groups is 7. The topological polar surface area (TPSA) is 211 Å². The number of hydrogen-bond donors (Lipinski definition) is 6. The van der Waals surface area contributed by atoms with E-state index in [9.17, 15) is 38.7 Å². The van der Waals surface area contributed by atoms with E-state index >= 15 is 0 Å². The van der Waals surface area contributed by atoms with E-state index in [4.69, 9.17) is 5.11 Å². The number of carboxylic acid groups (broad SMARTS) is 2. The molecule has 4 amide bonds. The highest BCUT2D eigenvalue weighted by Crippen LogP contribution is 2.21. The zero-order valence-electron chi connectivity index (χ0n) is 22.9. The van der Waals surface area contributed by atoms with E-state index in [-0.39, 0.29) is 37.8 Å². The molecule has 14 heteroatoms. The van der Waals surface area contributed by atoms with Crippen molar-refractivity contribution in [1.29, 1.82) is 0 Å². The average molecular weight is 556 g/mol. The third kappa shape index (κ3) is 11.4. The van der Waals surface area contributed by atoms with Crippen LogP contribution in [0.3, 0.4) is 0 Å². The van der Waals surface area contributed by atoms with Crippen LogP contribution in [0.2, 0.25) is 0 Å². The van der Waals surface area contributed by atoms with Crippen molar-refractivity contribution in [3.63, 3.8) is 0 Å². The molecule has 0 bridgehead atoms. The number of carboxylic acids is 2. The molecular formula is C25H41N5O9. The van der Waals surface area contributed by atoms with Gasteiger partial charge in [-0.2, -0.15) is 0 Å². The van der Waals surface area contributed by atoms with Crippen molar-refractivity contribution in [2.75, 3.05) is 13.1 Å².